The molecule has 0 saturated carbocycles. The zero-order valence-electron chi connectivity index (χ0n) is 18.5. The lowest BCUT2D eigenvalue weighted by Crippen LogP contribution is -2.88. The molecule has 162 valence electrons. The molecule has 0 radical (unpaired) electrons. The summed E-state index contributed by atoms with van der Waals surface area (Å²) in [5.74, 6) is 0.262. The van der Waals surface area contributed by atoms with Crippen LogP contribution in [0.25, 0.3) is 16.9 Å². The summed E-state index contributed by atoms with van der Waals surface area (Å²) in [6.07, 6.45) is 0. The fourth-order valence-electron chi connectivity index (χ4n) is 3.15. The molecule has 0 aliphatic rings. The van der Waals surface area contributed by atoms with Crippen molar-refractivity contribution in [2.24, 2.45) is 0 Å². The first kappa shape index (κ1) is 22.2. The van der Waals surface area contributed by atoms with Gasteiger partial charge in [0.1, 0.15) is 5.82 Å². The highest BCUT2D eigenvalue weighted by Crippen LogP contribution is 2.28. The SMILES string of the molecule is CNC(=O)C[NH2+]CC(=O)Nc1cc(-c2ccc(C(C)(C)C)cc2)nn1-c1ccccc1. The van der Waals surface area contributed by atoms with Crippen LogP contribution in [0.2, 0.25) is 0 Å². The van der Waals surface area contributed by atoms with E-state index in [0.717, 1.165) is 16.9 Å². The summed E-state index contributed by atoms with van der Waals surface area (Å²) in [7, 11) is 1.57. The second kappa shape index (κ2) is 9.57. The summed E-state index contributed by atoms with van der Waals surface area (Å²) in [5, 5.41) is 11.9. The van der Waals surface area contributed by atoms with E-state index < -0.39 is 0 Å². The fraction of sp³-hybridized carbons (Fsp3) is 0.292. The number of hydrogen-bond acceptors (Lipinski definition) is 3. The molecule has 0 unspecified atom stereocenters. The van der Waals surface area contributed by atoms with E-state index >= 15 is 0 Å². The Hall–Kier alpha value is -3.45. The third kappa shape index (κ3) is 5.79. The molecule has 31 heavy (non-hydrogen) atoms. The number of amides is 2. The summed E-state index contributed by atoms with van der Waals surface area (Å²) in [6, 6.07) is 19.9. The van der Waals surface area contributed by atoms with E-state index in [4.69, 9.17) is 5.10 Å². The number of likely N-dealkylation sites (N-methyl/N-ethyl adjacent to an activating group) is 1. The van der Waals surface area contributed by atoms with Gasteiger partial charge in [-0.2, -0.15) is 5.10 Å². The number of quaternary nitrogens is 1. The van der Waals surface area contributed by atoms with Crippen molar-refractivity contribution in [3.05, 3.63) is 66.2 Å². The summed E-state index contributed by atoms with van der Waals surface area (Å²) in [5.41, 5.74) is 3.92. The number of carbonyl (C=O) groups is 2. The van der Waals surface area contributed by atoms with Gasteiger partial charge in [-0.25, -0.2) is 4.68 Å². The van der Waals surface area contributed by atoms with Crippen molar-refractivity contribution in [2.45, 2.75) is 26.2 Å². The lowest BCUT2D eigenvalue weighted by molar-refractivity contribution is -0.632. The molecule has 2 amide bonds. The van der Waals surface area contributed by atoms with E-state index in [1.807, 2.05) is 36.4 Å². The number of nitrogens with two attached hydrogens (primary N) is 1. The predicted octanol–water partition coefficient (Wildman–Crippen LogP) is 2.08. The van der Waals surface area contributed by atoms with Gasteiger partial charge in [0.05, 0.1) is 11.4 Å². The molecule has 7 nitrogen and oxygen atoms in total. The van der Waals surface area contributed by atoms with Gasteiger partial charge < -0.3 is 16.0 Å². The maximum atomic E-state index is 12.5. The minimum absolute atomic E-state index is 0.0756. The second-order valence-electron chi connectivity index (χ2n) is 8.41. The molecule has 7 heteroatoms. The van der Waals surface area contributed by atoms with Crippen molar-refractivity contribution in [2.75, 3.05) is 25.5 Å². The Morgan fingerprint density at radius 3 is 2.23 bits per heavy atom. The number of rotatable bonds is 7. The monoisotopic (exact) mass is 420 g/mol. The lowest BCUT2D eigenvalue weighted by Gasteiger charge is -2.18. The van der Waals surface area contributed by atoms with Crippen molar-refractivity contribution in [3.8, 4) is 16.9 Å². The molecular formula is C24H30N5O2+. The van der Waals surface area contributed by atoms with E-state index in [1.54, 1.807) is 17.0 Å². The van der Waals surface area contributed by atoms with Crippen LogP contribution < -0.4 is 16.0 Å². The standard InChI is InChI=1S/C24H29N5O2/c1-24(2,3)18-12-10-17(11-13-18)20-14-21(27-23(31)16-26-15-22(30)25-4)29(28-20)19-8-6-5-7-9-19/h5-14,26H,15-16H2,1-4H3,(H,25,30)(H,27,31)/p+1. The normalized spacial score (nSPS) is 11.2. The molecule has 0 aliphatic carbocycles. The van der Waals surface area contributed by atoms with Crippen molar-refractivity contribution in [3.63, 3.8) is 0 Å². The molecular weight excluding hydrogens is 390 g/mol. The Morgan fingerprint density at radius 1 is 0.968 bits per heavy atom. The summed E-state index contributed by atoms with van der Waals surface area (Å²) in [4.78, 5) is 23.8. The number of nitrogens with one attached hydrogen (secondary N) is 2. The van der Waals surface area contributed by atoms with Crippen molar-refractivity contribution >= 4 is 17.6 Å². The number of carbonyl (C=O) groups excluding carboxylic acids is 2. The molecule has 1 heterocycles. The number of nitrogens with zero attached hydrogens (tertiary/aromatic N) is 2. The van der Waals surface area contributed by atoms with Crippen LogP contribution in [0.5, 0.6) is 0 Å². The Labute approximate surface area is 182 Å². The van der Waals surface area contributed by atoms with Crippen molar-refractivity contribution < 1.29 is 14.9 Å². The maximum absolute atomic E-state index is 12.5. The van der Waals surface area contributed by atoms with E-state index in [2.05, 4.69) is 55.7 Å². The number of para-hydroxylation sites is 1. The lowest BCUT2D eigenvalue weighted by atomic mass is 9.86. The molecule has 3 aromatic rings. The van der Waals surface area contributed by atoms with Gasteiger partial charge in [0, 0.05) is 18.7 Å². The topological polar surface area (TPSA) is 92.6 Å². The molecule has 0 bridgehead atoms. The number of aromatic nitrogens is 2. The summed E-state index contributed by atoms with van der Waals surface area (Å²) in [6.45, 7) is 6.89. The summed E-state index contributed by atoms with van der Waals surface area (Å²) < 4.78 is 1.73. The molecule has 1 aromatic heterocycles. The van der Waals surface area contributed by atoms with Gasteiger partial charge in [0.15, 0.2) is 13.1 Å². The molecule has 0 atom stereocenters. The molecule has 2 aromatic carbocycles. The Morgan fingerprint density at radius 2 is 1.61 bits per heavy atom. The smallest absolute Gasteiger partial charge is 0.280 e. The van der Waals surface area contributed by atoms with E-state index in [0.29, 0.717) is 5.82 Å². The molecule has 4 N–H and O–H groups in total. The Balaban J connectivity index is 1.85. The number of benzene rings is 2. The number of hydrogen-bond donors (Lipinski definition) is 3. The quantitative estimate of drug-likeness (QED) is 0.546. The predicted molar refractivity (Wildman–Crippen MR) is 122 cm³/mol. The van der Waals surface area contributed by atoms with Gasteiger partial charge in [-0.05, 0) is 23.1 Å². The van der Waals surface area contributed by atoms with Gasteiger partial charge in [0.2, 0.25) is 0 Å². The molecule has 0 spiro atoms. The van der Waals surface area contributed by atoms with Crippen LogP contribution in [0.15, 0.2) is 60.7 Å². The molecule has 0 fully saturated rings. The minimum atomic E-state index is -0.199. The third-order valence-corrected chi connectivity index (χ3v) is 4.96. The van der Waals surface area contributed by atoms with Gasteiger partial charge in [-0.3, -0.25) is 9.59 Å². The van der Waals surface area contributed by atoms with Gasteiger partial charge in [0.25, 0.3) is 11.8 Å². The largest absolute Gasteiger partial charge is 0.354 e. The highest BCUT2D eigenvalue weighted by Gasteiger charge is 2.17. The first-order chi connectivity index (χ1) is 14.8. The Kier molecular flexibility index (Phi) is 6.87. The van der Waals surface area contributed by atoms with Crippen molar-refractivity contribution in [1.82, 2.24) is 15.1 Å². The second-order valence-corrected chi connectivity index (χ2v) is 8.41. The van der Waals surface area contributed by atoms with Gasteiger partial charge in [-0.1, -0.05) is 63.2 Å². The highest BCUT2D eigenvalue weighted by molar-refractivity contribution is 5.91. The maximum Gasteiger partial charge on any atom is 0.280 e. The fourth-order valence-corrected chi connectivity index (χ4v) is 3.15. The van der Waals surface area contributed by atoms with Gasteiger partial charge in [-0.15, -0.1) is 0 Å². The first-order valence-corrected chi connectivity index (χ1v) is 10.4. The number of anilines is 1. The highest BCUT2D eigenvalue weighted by atomic mass is 16.2. The van der Waals surface area contributed by atoms with Crippen LogP contribution in [-0.4, -0.2) is 41.7 Å². The zero-order valence-corrected chi connectivity index (χ0v) is 18.5. The van der Waals surface area contributed by atoms with Crippen LogP contribution in [0.1, 0.15) is 26.3 Å². The third-order valence-electron chi connectivity index (χ3n) is 4.96. The molecule has 0 saturated heterocycles. The first-order valence-electron chi connectivity index (χ1n) is 10.4. The van der Waals surface area contributed by atoms with Crippen LogP contribution >= 0.6 is 0 Å². The average Bonchev–Trinajstić information content (AvgIpc) is 3.17. The Bertz CT molecular complexity index is 1030. The minimum Gasteiger partial charge on any atom is -0.354 e. The van der Waals surface area contributed by atoms with Gasteiger partial charge >= 0.3 is 0 Å². The van der Waals surface area contributed by atoms with Crippen LogP contribution in [0.4, 0.5) is 5.82 Å². The van der Waals surface area contributed by atoms with E-state index in [1.165, 1.54) is 5.56 Å². The van der Waals surface area contributed by atoms with E-state index in [-0.39, 0.29) is 30.3 Å². The molecule has 0 aliphatic heterocycles. The summed E-state index contributed by atoms with van der Waals surface area (Å²) >= 11 is 0. The van der Waals surface area contributed by atoms with E-state index in [9.17, 15) is 9.59 Å². The van der Waals surface area contributed by atoms with Crippen LogP contribution in [-0.2, 0) is 15.0 Å². The van der Waals surface area contributed by atoms with Crippen LogP contribution in [0.3, 0.4) is 0 Å². The molecule has 3 rings (SSSR count). The van der Waals surface area contributed by atoms with Crippen LogP contribution in [0, 0.1) is 0 Å². The zero-order chi connectivity index (χ0) is 22.4. The average molecular weight is 421 g/mol. The van der Waals surface area contributed by atoms with Crippen molar-refractivity contribution in [1.29, 1.82) is 0 Å².